The van der Waals surface area contributed by atoms with Crippen LogP contribution in [0.15, 0.2) is 0 Å². The van der Waals surface area contributed by atoms with E-state index in [1.165, 1.54) is 0 Å². The standard InChI is InChI=1S/C6H9F2NS/c1-4(10)9-5-2-6(7,8)3-5/h5H,2-3H2,1H3,(H,9,10). The molecule has 1 saturated carbocycles. The van der Waals surface area contributed by atoms with Gasteiger partial charge in [-0.05, 0) is 6.92 Å². The number of hydrogen-bond donors (Lipinski definition) is 1. The number of thiocarbonyl (C=S) groups is 1. The molecule has 0 unspecified atom stereocenters. The van der Waals surface area contributed by atoms with Gasteiger partial charge in [-0.3, -0.25) is 0 Å². The number of rotatable bonds is 1. The minimum absolute atomic E-state index is 0.0685. The maximum absolute atomic E-state index is 12.2. The van der Waals surface area contributed by atoms with Gasteiger partial charge in [-0.25, -0.2) is 8.78 Å². The Kier molecular flexibility index (Phi) is 1.90. The molecule has 1 aliphatic carbocycles. The largest absolute Gasteiger partial charge is 0.377 e. The van der Waals surface area contributed by atoms with Crippen molar-refractivity contribution in [3.8, 4) is 0 Å². The second kappa shape index (κ2) is 2.42. The third kappa shape index (κ3) is 1.87. The van der Waals surface area contributed by atoms with E-state index in [0.717, 1.165) is 0 Å². The highest BCUT2D eigenvalue weighted by atomic mass is 32.1. The molecule has 1 nitrogen and oxygen atoms in total. The summed E-state index contributed by atoms with van der Waals surface area (Å²) in [6.07, 6.45) is -0.137. The minimum atomic E-state index is -2.44. The van der Waals surface area contributed by atoms with Gasteiger partial charge in [-0.2, -0.15) is 0 Å². The van der Waals surface area contributed by atoms with Crippen molar-refractivity contribution in [3.63, 3.8) is 0 Å². The summed E-state index contributed by atoms with van der Waals surface area (Å²) >= 11 is 4.69. The summed E-state index contributed by atoms with van der Waals surface area (Å²) in [5, 5.41) is 2.79. The van der Waals surface area contributed by atoms with E-state index in [-0.39, 0.29) is 18.9 Å². The Labute approximate surface area is 63.8 Å². The molecule has 0 amide bonds. The molecule has 0 atom stereocenters. The molecule has 1 N–H and O–H groups in total. The molecule has 1 fully saturated rings. The molecular formula is C6H9F2NS. The Morgan fingerprint density at radius 1 is 1.60 bits per heavy atom. The van der Waals surface area contributed by atoms with Gasteiger partial charge in [0, 0.05) is 18.9 Å². The van der Waals surface area contributed by atoms with Crippen LogP contribution in [0.2, 0.25) is 0 Å². The normalized spacial score (nSPS) is 23.5. The third-order valence-electron chi connectivity index (χ3n) is 1.50. The maximum atomic E-state index is 12.2. The van der Waals surface area contributed by atoms with E-state index in [2.05, 4.69) is 5.32 Å². The summed E-state index contributed by atoms with van der Waals surface area (Å²) in [4.78, 5) is 0.598. The number of halogens is 2. The van der Waals surface area contributed by atoms with Gasteiger partial charge < -0.3 is 5.32 Å². The van der Waals surface area contributed by atoms with Crippen LogP contribution in [-0.4, -0.2) is 17.0 Å². The molecule has 0 aliphatic heterocycles. The second-order valence-electron chi connectivity index (χ2n) is 2.66. The van der Waals surface area contributed by atoms with Crippen molar-refractivity contribution in [2.45, 2.75) is 31.7 Å². The Morgan fingerprint density at radius 2 is 2.10 bits per heavy atom. The highest BCUT2D eigenvalue weighted by molar-refractivity contribution is 7.80. The summed E-state index contributed by atoms with van der Waals surface area (Å²) in [6.45, 7) is 1.70. The molecule has 0 aromatic heterocycles. The van der Waals surface area contributed by atoms with Crippen LogP contribution < -0.4 is 5.32 Å². The molecule has 0 spiro atoms. The molecule has 0 aromatic rings. The third-order valence-corrected chi connectivity index (χ3v) is 1.62. The molecule has 0 aromatic carbocycles. The first-order chi connectivity index (χ1) is 4.49. The first-order valence-electron chi connectivity index (χ1n) is 3.14. The predicted molar refractivity (Wildman–Crippen MR) is 39.4 cm³/mol. The molecular weight excluding hydrogens is 156 g/mol. The van der Waals surface area contributed by atoms with Gasteiger partial charge in [0.15, 0.2) is 0 Å². The Balaban J connectivity index is 2.21. The lowest BCUT2D eigenvalue weighted by atomic mass is 9.88. The molecule has 0 bridgehead atoms. The topological polar surface area (TPSA) is 12.0 Å². The van der Waals surface area contributed by atoms with Crippen molar-refractivity contribution >= 4 is 17.2 Å². The van der Waals surface area contributed by atoms with Crippen molar-refractivity contribution < 1.29 is 8.78 Å². The predicted octanol–water partition coefficient (Wildman–Crippen LogP) is 1.72. The first kappa shape index (κ1) is 7.85. The lowest BCUT2D eigenvalue weighted by molar-refractivity contribution is -0.0884. The van der Waals surface area contributed by atoms with E-state index < -0.39 is 5.92 Å². The zero-order valence-electron chi connectivity index (χ0n) is 5.66. The van der Waals surface area contributed by atoms with Crippen molar-refractivity contribution in [1.29, 1.82) is 0 Å². The molecule has 4 heteroatoms. The molecule has 0 saturated heterocycles. The summed E-state index contributed by atoms with van der Waals surface area (Å²) in [6, 6.07) is -0.0903. The van der Waals surface area contributed by atoms with E-state index in [4.69, 9.17) is 12.2 Å². The summed E-state index contributed by atoms with van der Waals surface area (Å²) in [5.41, 5.74) is 0. The number of hydrogen-bond acceptors (Lipinski definition) is 1. The Hall–Kier alpha value is -0.250. The van der Waals surface area contributed by atoms with Gasteiger partial charge in [0.05, 0.1) is 4.99 Å². The van der Waals surface area contributed by atoms with Crippen LogP contribution >= 0.6 is 12.2 Å². The van der Waals surface area contributed by atoms with Crippen molar-refractivity contribution in [2.24, 2.45) is 0 Å². The van der Waals surface area contributed by atoms with Crippen LogP contribution in [-0.2, 0) is 0 Å². The lowest BCUT2D eigenvalue weighted by Crippen LogP contribution is -2.49. The van der Waals surface area contributed by atoms with Gasteiger partial charge in [0.2, 0.25) is 0 Å². The van der Waals surface area contributed by atoms with Crippen LogP contribution in [0.1, 0.15) is 19.8 Å². The van der Waals surface area contributed by atoms with E-state index in [1.54, 1.807) is 6.92 Å². The van der Waals surface area contributed by atoms with Crippen molar-refractivity contribution in [3.05, 3.63) is 0 Å². The minimum Gasteiger partial charge on any atom is -0.377 e. The van der Waals surface area contributed by atoms with E-state index >= 15 is 0 Å². The van der Waals surface area contributed by atoms with Gasteiger partial charge in [0.25, 0.3) is 5.92 Å². The van der Waals surface area contributed by atoms with E-state index in [9.17, 15) is 8.78 Å². The molecule has 1 aliphatic rings. The zero-order valence-corrected chi connectivity index (χ0v) is 6.47. The van der Waals surface area contributed by atoms with Gasteiger partial charge >= 0.3 is 0 Å². The Morgan fingerprint density at radius 3 is 2.40 bits per heavy atom. The quantitative estimate of drug-likeness (QED) is 0.594. The first-order valence-corrected chi connectivity index (χ1v) is 3.55. The fraction of sp³-hybridized carbons (Fsp3) is 0.833. The van der Waals surface area contributed by atoms with Gasteiger partial charge in [0.1, 0.15) is 0 Å². The monoisotopic (exact) mass is 165 g/mol. The fourth-order valence-electron chi connectivity index (χ4n) is 1.05. The summed E-state index contributed by atoms with van der Waals surface area (Å²) in [5.74, 6) is -2.44. The maximum Gasteiger partial charge on any atom is 0.252 e. The average Bonchev–Trinajstić information content (AvgIpc) is 1.57. The smallest absolute Gasteiger partial charge is 0.252 e. The SMILES string of the molecule is CC(=S)NC1CC(F)(F)C1. The van der Waals surface area contributed by atoms with Crippen LogP contribution in [0.4, 0.5) is 8.78 Å². The molecule has 0 heterocycles. The highest BCUT2D eigenvalue weighted by Crippen LogP contribution is 2.37. The molecule has 0 radical (unpaired) electrons. The fourth-order valence-corrected chi connectivity index (χ4v) is 1.22. The number of nitrogens with one attached hydrogen (secondary N) is 1. The summed E-state index contributed by atoms with van der Waals surface area (Å²) < 4.78 is 24.3. The summed E-state index contributed by atoms with van der Waals surface area (Å²) in [7, 11) is 0. The lowest BCUT2D eigenvalue weighted by Gasteiger charge is -2.35. The molecule has 10 heavy (non-hydrogen) atoms. The highest BCUT2D eigenvalue weighted by Gasteiger charge is 2.45. The molecule has 58 valence electrons. The van der Waals surface area contributed by atoms with E-state index in [0.29, 0.717) is 4.99 Å². The van der Waals surface area contributed by atoms with Crippen LogP contribution in [0.3, 0.4) is 0 Å². The van der Waals surface area contributed by atoms with Crippen LogP contribution in [0, 0.1) is 0 Å². The van der Waals surface area contributed by atoms with Crippen molar-refractivity contribution in [2.75, 3.05) is 0 Å². The van der Waals surface area contributed by atoms with Gasteiger partial charge in [-0.15, -0.1) is 0 Å². The second-order valence-corrected chi connectivity index (χ2v) is 3.27. The molecule has 1 rings (SSSR count). The van der Waals surface area contributed by atoms with Crippen LogP contribution in [0.5, 0.6) is 0 Å². The average molecular weight is 165 g/mol. The van der Waals surface area contributed by atoms with Crippen molar-refractivity contribution in [1.82, 2.24) is 5.32 Å². The van der Waals surface area contributed by atoms with Crippen LogP contribution in [0.25, 0.3) is 0 Å². The van der Waals surface area contributed by atoms with Gasteiger partial charge in [-0.1, -0.05) is 12.2 Å². The Bertz CT molecular complexity index is 150. The number of alkyl halides is 2. The zero-order chi connectivity index (χ0) is 7.78. The van der Waals surface area contributed by atoms with E-state index in [1.807, 2.05) is 0 Å².